The second-order valence-corrected chi connectivity index (χ2v) is 6.59. The zero-order valence-electron chi connectivity index (χ0n) is 16.2. The van der Waals surface area contributed by atoms with Crippen LogP contribution in [-0.4, -0.2) is 62.5 Å². The second-order valence-electron chi connectivity index (χ2n) is 6.59. The van der Waals surface area contributed by atoms with Gasteiger partial charge in [-0.2, -0.15) is 4.80 Å². The van der Waals surface area contributed by atoms with Crippen molar-refractivity contribution in [2.75, 3.05) is 13.7 Å². The molecule has 1 aromatic carbocycles. The van der Waals surface area contributed by atoms with Crippen LogP contribution < -0.4 is 5.32 Å². The second kappa shape index (κ2) is 7.78. The Hall–Kier alpha value is -3.63. The number of aromatic nitrogens is 4. The van der Waals surface area contributed by atoms with Crippen LogP contribution in [0.5, 0.6) is 0 Å². The van der Waals surface area contributed by atoms with Crippen LogP contribution in [0.15, 0.2) is 24.3 Å². The molecule has 11 heteroatoms. The third-order valence-electron chi connectivity index (χ3n) is 4.63. The first-order chi connectivity index (χ1) is 13.8. The number of benzene rings is 1. The predicted molar refractivity (Wildman–Crippen MR) is 97.4 cm³/mol. The Morgan fingerprint density at radius 2 is 1.79 bits per heavy atom. The quantitative estimate of drug-likeness (QED) is 0.498. The number of amides is 3. The number of imide groups is 1. The molecular formula is C18H20N6O5. The molecule has 0 saturated carbocycles. The lowest BCUT2D eigenvalue weighted by Crippen LogP contribution is -2.53. The Labute approximate surface area is 166 Å². The number of carbonyl (C=O) groups excluding carboxylic acids is 4. The number of hydrogen-bond donors (Lipinski definition) is 1. The van der Waals surface area contributed by atoms with Crippen molar-refractivity contribution in [3.05, 3.63) is 41.2 Å². The summed E-state index contributed by atoms with van der Waals surface area (Å²) >= 11 is 0. The molecule has 2 aromatic rings. The zero-order valence-corrected chi connectivity index (χ0v) is 16.2. The molecule has 0 radical (unpaired) electrons. The molecule has 0 spiro atoms. The van der Waals surface area contributed by atoms with E-state index in [1.54, 1.807) is 24.3 Å². The van der Waals surface area contributed by atoms with E-state index in [-0.39, 0.29) is 25.2 Å². The first kappa shape index (κ1) is 20.1. The summed E-state index contributed by atoms with van der Waals surface area (Å²) in [6.07, 6.45) is 0.192. The van der Waals surface area contributed by atoms with Gasteiger partial charge in [-0.1, -0.05) is 12.1 Å². The predicted octanol–water partition coefficient (Wildman–Crippen LogP) is -0.209. The van der Waals surface area contributed by atoms with Crippen molar-refractivity contribution in [3.8, 4) is 0 Å². The molecule has 0 saturated heterocycles. The molecule has 0 bridgehead atoms. The average molecular weight is 400 g/mol. The maximum atomic E-state index is 12.6. The van der Waals surface area contributed by atoms with Gasteiger partial charge in [-0.15, -0.1) is 10.2 Å². The lowest BCUT2D eigenvalue weighted by atomic mass is 9.92. The highest BCUT2D eigenvalue weighted by molar-refractivity contribution is 6.21. The van der Waals surface area contributed by atoms with E-state index < -0.39 is 29.2 Å². The van der Waals surface area contributed by atoms with Gasteiger partial charge in [0.2, 0.25) is 17.3 Å². The van der Waals surface area contributed by atoms with E-state index in [4.69, 9.17) is 4.74 Å². The maximum Gasteiger partial charge on any atom is 0.339 e. The average Bonchev–Trinajstić information content (AvgIpc) is 3.24. The molecule has 1 aliphatic rings. The summed E-state index contributed by atoms with van der Waals surface area (Å²) < 4.78 is 4.88. The van der Waals surface area contributed by atoms with Crippen molar-refractivity contribution in [1.29, 1.82) is 0 Å². The lowest BCUT2D eigenvalue weighted by Gasteiger charge is -2.29. The van der Waals surface area contributed by atoms with Gasteiger partial charge in [0.05, 0.1) is 25.3 Å². The standard InChI is InChI=1S/C18H20N6O5/c1-11(25)19-18(17(28)29-3,16-20-22-23(2)21-16)9-6-10-24-14(26)12-7-4-5-8-13(12)15(24)27/h4-5,7-8H,6,9-10H2,1-3H3,(H,19,25)/t18-/m0/s1. The van der Waals surface area contributed by atoms with Crippen molar-refractivity contribution in [1.82, 2.24) is 30.4 Å². The minimum Gasteiger partial charge on any atom is -0.467 e. The molecule has 0 unspecified atom stereocenters. The summed E-state index contributed by atoms with van der Waals surface area (Å²) in [6.45, 7) is 1.29. The number of methoxy groups -OCH3 is 1. The van der Waals surface area contributed by atoms with E-state index in [2.05, 4.69) is 20.7 Å². The van der Waals surface area contributed by atoms with Crippen LogP contribution in [0.25, 0.3) is 0 Å². The molecule has 11 nitrogen and oxygen atoms in total. The topological polar surface area (TPSA) is 136 Å². The summed E-state index contributed by atoms with van der Waals surface area (Å²) in [6, 6.07) is 6.56. The number of fused-ring (bicyclic) bond motifs is 1. The summed E-state index contributed by atoms with van der Waals surface area (Å²) in [4.78, 5) is 51.7. The molecule has 0 aliphatic carbocycles. The number of esters is 1. The zero-order chi connectivity index (χ0) is 21.2. The van der Waals surface area contributed by atoms with Crippen LogP contribution in [0.2, 0.25) is 0 Å². The van der Waals surface area contributed by atoms with Gasteiger partial charge in [-0.25, -0.2) is 4.79 Å². The molecule has 0 fully saturated rings. The van der Waals surface area contributed by atoms with E-state index in [9.17, 15) is 19.2 Å². The van der Waals surface area contributed by atoms with Gasteiger partial charge < -0.3 is 10.1 Å². The summed E-state index contributed by atoms with van der Waals surface area (Å²) in [5.74, 6) is -2.10. The number of tetrazole rings is 1. The van der Waals surface area contributed by atoms with Gasteiger partial charge in [0.25, 0.3) is 11.8 Å². The van der Waals surface area contributed by atoms with E-state index in [1.165, 1.54) is 21.1 Å². The van der Waals surface area contributed by atoms with Gasteiger partial charge in [-0.3, -0.25) is 19.3 Å². The van der Waals surface area contributed by atoms with Gasteiger partial charge >= 0.3 is 5.97 Å². The number of hydrogen-bond acceptors (Lipinski definition) is 8. The highest BCUT2D eigenvalue weighted by atomic mass is 16.5. The lowest BCUT2D eigenvalue weighted by molar-refractivity contribution is -0.152. The van der Waals surface area contributed by atoms with Crippen molar-refractivity contribution >= 4 is 23.7 Å². The smallest absolute Gasteiger partial charge is 0.339 e. The Balaban J connectivity index is 1.82. The maximum absolute atomic E-state index is 12.6. The van der Waals surface area contributed by atoms with Crippen molar-refractivity contribution in [2.45, 2.75) is 25.3 Å². The first-order valence-electron chi connectivity index (χ1n) is 8.87. The monoisotopic (exact) mass is 400 g/mol. The number of nitrogens with one attached hydrogen (secondary N) is 1. The van der Waals surface area contributed by atoms with Crippen LogP contribution in [0, 0.1) is 0 Å². The third-order valence-corrected chi connectivity index (χ3v) is 4.63. The molecular weight excluding hydrogens is 380 g/mol. The van der Waals surface area contributed by atoms with E-state index >= 15 is 0 Å². The van der Waals surface area contributed by atoms with E-state index in [0.29, 0.717) is 11.1 Å². The van der Waals surface area contributed by atoms with Crippen molar-refractivity contribution < 1.29 is 23.9 Å². The first-order valence-corrected chi connectivity index (χ1v) is 8.87. The van der Waals surface area contributed by atoms with Crippen molar-refractivity contribution in [3.63, 3.8) is 0 Å². The summed E-state index contributed by atoms with van der Waals surface area (Å²) in [7, 11) is 2.70. The van der Waals surface area contributed by atoms with Crippen molar-refractivity contribution in [2.24, 2.45) is 7.05 Å². The molecule has 29 heavy (non-hydrogen) atoms. The van der Waals surface area contributed by atoms with Crippen LogP contribution in [0.1, 0.15) is 46.3 Å². The number of ether oxygens (including phenoxy) is 1. The van der Waals surface area contributed by atoms with E-state index in [1.807, 2.05) is 0 Å². The fourth-order valence-electron chi connectivity index (χ4n) is 3.35. The largest absolute Gasteiger partial charge is 0.467 e. The highest BCUT2D eigenvalue weighted by Crippen LogP contribution is 2.28. The van der Waals surface area contributed by atoms with Crippen LogP contribution in [-0.2, 0) is 26.9 Å². The molecule has 152 valence electrons. The molecule has 1 aliphatic heterocycles. The van der Waals surface area contributed by atoms with Gasteiger partial charge in [0.1, 0.15) is 0 Å². The Morgan fingerprint density at radius 3 is 2.28 bits per heavy atom. The number of rotatable bonds is 7. The van der Waals surface area contributed by atoms with Crippen LogP contribution >= 0.6 is 0 Å². The van der Waals surface area contributed by atoms with Crippen LogP contribution in [0.4, 0.5) is 0 Å². The van der Waals surface area contributed by atoms with E-state index in [0.717, 1.165) is 9.70 Å². The minimum atomic E-state index is -1.69. The Bertz CT molecular complexity index is 952. The van der Waals surface area contributed by atoms with Gasteiger partial charge in [0.15, 0.2) is 0 Å². The SMILES string of the molecule is COC(=O)[C@@](CCCN1C(=O)c2ccccc2C1=O)(NC(C)=O)c1nnn(C)n1. The Kier molecular flexibility index (Phi) is 5.39. The number of carbonyl (C=O) groups is 4. The minimum absolute atomic E-state index is 0.00164. The summed E-state index contributed by atoms with van der Waals surface area (Å²) in [5.41, 5.74) is -1.00. The molecule has 1 atom stereocenters. The number of aryl methyl sites for hydroxylation is 1. The van der Waals surface area contributed by atoms with Crippen LogP contribution in [0.3, 0.4) is 0 Å². The molecule has 1 aromatic heterocycles. The molecule has 2 heterocycles. The Morgan fingerprint density at radius 1 is 1.17 bits per heavy atom. The summed E-state index contributed by atoms with van der Waals surface area (Å²) in [5, 5.41) is 14.2. The highest BCUT2D eigenvalue weighted by Gasteiger charge is 2.47. The van der Waals surface area contributed by atoms with Gasteiger partial charge in [-0.05, 0) is 30.2 Å². The molecule has 1 N–H and O–H groups in total. The fourth-order valence-corrected chi connectivity index (χ4v) is 3.35. The number of nitrogens with zero attached hydrogens (tertiary/aromatic N) is 5. The molecule has 3 rings (SSSR count). The third kappa shape index (κ3) is 3.58. The molecule has 3 amide bonds. The van der Waals surface area contributed by atoms with Gasteiger partial charge in [0, 0.05) is 13.5 Å². The normalized spacial score (nSPS) is 15.1. The fraction of sp³-hybridized carbons (Fsp3) is 0.389.